The van der Waals surface area contributed by atoms with Gasteiger partial charge in [-0.1, -0.05) is 24.3 Å². The van der Waals surface area contributed by atoms with Crippen molar-refractivity contribution < 1.29 is 9.53 Å². The van der Waals surface area contributed by atoms with Crippen molar-refractivity contribution in [3.8, 4) is 0 Å². The van der Waals surface area contributed by atoms with Gasteiger partial charge < -0.3 is 19.9 Å². The number of carbonyl (C=O) groups excluding carboxylic acids is 1. The SMILES string of the molecule is COCc1ccc(CNC(=O)CN2CCNCC2c2nccn2C)cc1. The molecular formula is C19H27N5O2. The Morgan fingerprint density at radius 1 is 1.35 bits per heavy atom. The van der Waals surface area contributed by atoms with Crippen molar-refractivity contribution in [3.05, 3.63) is 53.6 Å². The van der Waals surface area contributed by atoms with Crippen LogP contribution in [0.1, 0.15) is 23.0 Å². The van der Waals surface area contributed by atoms with E-state index in [0.717, 1.165) is 36.6 Å². The van der Waals surface area contributed by atoms with Gasteiger partial charge in [0.15, 0.2) is 0 Å². The minimum atomic E-state index is 0.0343. The Kier molecular flexibility index (Phi) is 6.38. The van der Waals surface area contributed by atoms with Gasteiger partial charge in [0, 0.05) is 52.7 Å². The molecule has 0 spiro atoms. The van der Waals surface area contributed by atoms with Gasteiger partial charge in [0.2, 0.25) is 5.91 Å². The molecule has 2 aromatic rings. The molecule has 0 bridgehead atoms. The number of methoxy groups -OCH3 is 1. The molecule has 1 fully saturated rings. The summed E-state index contributed by atoms with van der Waals surface area (Å²) in [7, 11) is 3.67. The maximum Gasteiger partial charge on any atom is 0.234 e. The number of aryl methyl sites for hydroxylation is 1. The second-order valence-electron chi connectivity index (χ2n) is 6.61. The average molecular weight is 357 g/mol. The maximum absolute atomic E-state index is 12.4. The molecule has 7 nitrogen and oxygen atoms in total. The zero-order valence-corrected chi connectivity index (χ0v) is 15.4. The fourth-order valence-corrected chi connectivity index (χ4v) is 3.25. The van der Waals surface area contributed by atoms with Gasteiger partial charge in [-0.05, 0) is 11.1 Å². The summed E-state index contributed by atoms with van der Waals surface area (Å²) in [5, 5.41) is 6.41. The number of hydrogen-bond donors (Lipinski definition) is 2. The molecular weight excluding hydrogens is 330 g/mol. The van der Waals surface area contributed by atoms with E-state index in [9.17, 15) is 4.79 Å². The molecule has 26 heavy (non-hydrogen) atoms. The van der Waals surface area contributed by atoms with Gasteiger partial charge >= 0.3 is 0 Å². The van der Waals surface area contributed by atoms with Crippen LogP contribution in [0.25, 0.3) is 0 Å². The van der Waals surface area contributed by atoms with Crippen molar-refractivity contribution in [2.45, 2.75) is 19.2 Å². The third kappa shape index (κ3) is 4.69. The van der Waals surface area contributed by atoms with Gasteiger partial charge in [-0.3, -0.25) is 9.69 Å². The number of rotatable bonds is 7. The number of carbonyl (C=O) groups is 1. The first-order valence-corrected chi connectivity index (χ1v) is 8.93. The highest BCUT2D eigenvalue weighted by molar-refractivity contribution is 5.78. The van der Waals surface area contributed by atoms with Crippen LogP contribution in [0.3, 0.4) is 0 Å². The highest BCUT2D eigenvalue weighted by Crippen LogP contribution is 2.19. The van der Waals surface area contributed by atoms with Crippen molar-refractivity contribution in [3.63, 3.8) is 0 Å². The summed E-state index contributed by atoms with van der Waals surface area (Å²) in [6.45, 7) is 4.03. The van der Waals surface area contributed by atoms with Crippen LogP contribution < -0.4 is 10.6 Å². The molecule has 140 valence electrons. The molecule has 1 unspecified atom stereocenters. The minimum absolute atomic E-state index is 0.0343. The van der Waals surface area contributed by atoms with Crippen LogP contribution in [0, 0.1) is 0 Å². The molecule has 1 aromatic carbocycles. The number of hydrogen-bond acceptors (Lipinski definition) is 5. The van der Waals surface area contributed by atoms with Gasteiger partial charge in [0.05, 0.1) is 19.2 Å². The predicted molar refractivity (Wildman–Crippen MR) is 99.4 cm³/mol. The molecule has 3 rings (SSSR count). The number of nitrogens with zero attached hydrogens (tertiary/aromatic N) is 3. The smallest absolute Gasteiger partial charge is 0.234 e. The Morgan fingerprint density at radius 2 is 2.12 bits per heavy atom. The highest BCUT2D eigenvalue weighted by Gasteiger charge is 2.28. The number of benzene rings is 1. The first-order valence-electron chi connectivity index (χ1n) is 8.93. The first-order chi connectivity index (χ1) is 12.7. The Bertz CT molecular complexity index is 713. The highest BCUT2D eigenvalue weighted by atomic mass is 16.5. The normalized spacial score (nSPS) is 18.0. The first kappa shape index (κ1) is 18.6. The fourth-order valence-electron chi connectivity index (χ4n) is 3.25. The van der Waals surface area contributed by atoms with E-state index in [1.54, 1.807) is 13.3 Å². The Morgan fingerprint density at radius 3 is 2.81 bits per heavy atom. The largest absolute Gasteiger partial charge is 0.380 e. The number of ether oxygens (including phenoxy) is 1. The maximum atomic E-state index is 12.4. The monoisotopic (exact) mass is 357 g/mol. The quantitative estimate of drug-likeness (QED) is 0.768. The topological polar surface area (TPSA) is 71.4 Å². The van der Waals surface area contributed by atoms with Crippen LogP contribution in [-0.2, 0) is 29.7 Å². The van der Waals surface area contributed by atoms with Gasteiger partial charge in [-0.25, -0.2) is 4.98 Å². The van der Waals surface area contributed by atoms with E-state index in [-0.39, 0.29) is 11.9 Å². The standard InChI is InChI=1S/C19H27N5O2/c1-23-9-8-21-19(23)17-12-20-7-10-24(17)13-18(25)22-11-15-3-5-16(6-4-15)14-26-2/h3-6,8-9,17,20H,7,10-14H2,1-2H3,(H,22,25). The zero-order chi connectivity index (χ0) is 18.4. The molecule has 0 radical (unpaired) electrons. The van der Waals surface area contributed by atoms with Crippen molar-refractivity contribution in [2.75, 3.05) is 33.3 Å². The van der Waals surface area contributed by atoms with Crippen LogP contribution >= 0.6 is 0 Å². The molecule has 0 saturated carbocycles. The van der Waals surface area contributed by atoms with Gasteiger partial charge in [0.25, 0.3) is 0 Å². The van der Waals surface area contributed by atoms with Gasteiger partial charge in [0.1, 0.15) is 5.82 Å². The van der Waals surface area contributed by atoms with Crippen molar-refractivity contribution in [1.82, 2.24) is 25.1 Å². The summed E-state index contributed by atoms with van der Waals surface area (Å²) >= 11 is 0. The van der Waals surface area contributed by atoms with E-state index in [0.29, 0.717) is 19.7 Å². The van der Waals surface area contributed by atoms with E-state index in [4.69, 9.17) is 4.74 Å². The number of nitrogens with one attached hydrogen (secondary N) is 2. The summed E-state index contributed by atoms with van der Waals surface area (Å²) in [6, 6.07) is 8.21. The number of imidazole rings is 1. The number of aromatic nitrogens is 2. The molecule has 1 atom stereocenters. The molecule has 2 heterocycles. The molecule has 0 aliphatic carbocycles. The number of amides is 1. The summed E-state index contributed by atoms with van der Waals surface area (Å²) in [5.41, 5.74) is 2.21. The molecule has 2 N–H and O–H groups in total. The predicted octanol–water partition coefficient (Wildman–Crippen LogP) is 0.829. The molecule has 1 aliphatic rings. The average Bonchev–Trinajstić information content (AvgIpc) is 3.08. The van der Waals surface area contributed by atoms with Gasteiger partial charge in [-0.15, -0.1) is 0 Å². The van der Waals surface area contributed by atoms with Crippen molar-refractivity contribution >= 4 is 5.91 Å². The van der Waals surface area contributed by atoms with Gasteiger partial charge in [-0.2, -0.15) is 0 Å². The van der Waals surface area contributed by atoms with Crippen LogP contribution in [-0.4, -0.2) is 53.6 Å². The lowest BCUT2D eigenvalue weighted by atomic mass is 10.1. The lowest BCUT2D eigenvalue weighted by molar-refractivity contribution is -0.123. The van der Waals surface area contributed by atoms with E-state index in [1.165, 1.54) is 0 Å². The molecule has 1 saturated heterocycles. The van der Waals surface area contributed by atoms with Crippen LogP contribution in [0.15, 0.2) is 36.7 Å². The van der Waals surface area contributed by atoms with E-state index in [2.05, 4.69) is 20.5 Å². The molecule has 1 aromatic heterocycles. The lowest BCUT2D eigenvalue weighted by Gasteiger charge is -2.35. The Hall–Kier alpha value is -2.22. The minimum Gasteiger partial charge on any atom is -0.380 e. The third-order valence-corrected chi connectivity index (χ3v) is 4.68. The van der Waals surface area contributed by atoms with E-state index in [1.807, 2.05) is 42.1 Å². The summed E-state index contributed by atoms with van der Waals surface area (Å²) in [4.78, 5) is 19.1. The van der Waals surface area contributed by atoms with E-state index >= 15 is 0 Å². The lowest BCUT2D eigenvalue weighted by Crippen LogP contribution is -2.50. The molecule has 7 heteroatoms. The molecule has 1 amide bonds. The van der Waals surface area contributed by atoms with Crippen LogP contribution in [0.5, 0.6) is 0 Å². The van der Waals surface area contributed by atoms with Crippen molar-refractivity contribution in [2.24, 2.45) is 7.05 Å². The fraction of sp³-hybridized carbons (Fsp3) is 0.474. The number of piperazine rings is 1. The van der Waals surface area contributed by atoms with Crippen LogP contribution in [0.2, 0.25) is 0 Å². The van der Waals surface area contributed by atoms with E-state index < -0.39 is 0 Å². The third-order valence-electron chi connectivity index (χ3n) is 4.68. The Labute approximate surface area is 154 Å². The molecule has 1 aliphatic heterocycles. The second-order valence-corrected chi connectivity index (χ2v) is 6.61. The Balaban J connectivity index is 1.53. The summed E-state index contributed by atoms with van der Waals surface area (Å²) in [6.07, 6.45) is 3.74. The van der Waals surface area contributed by atoms with Crippen LogP contribution in [0.4, 0.5) is 0 Å². The summed E-state index contributed by atoms with van der Waals surface area (Å²) in [5.74, 6) is 1.02. The van der Waals surface area contributed by atoms with Crippen molar-refractivity contribution in [1.29, 1.82) is 0 Å². The zero-order valence-electron chi connectivity index (χ0n) is 15.4. The second kappa shape index (κ2) is 8.93. The summed E-state index contributed by atoms with van der Waals surface area (Å²) < 4.78 is 7.13.